The van der Waals surface area contributed by atoms with Crippen LogP contribution in [0.1, 0.15) is 61.3 Å². The highest BCUT2D eigenvalue weighted by Gasteiger charge is 2.20. The third-order valence-corrected chi connectivity index (χ3v) is 3.94. The van der Waals surface area contributed by atoms with Crippen LogP contribution in [0.25, 0.3) is 0 Å². The third kappa shape index (κ3) is 4.32. The maximum atomic E-state index is 10.2. The normalized spacial score (nSPS) is 16.2. The average Bonchev–Trinajstić information content (AvgIpc) is 2.27. The molecule has 2 heteroatoms. The van der Waals surface area contributed by atoms with Crippen LogP contribution in [0, 0.1) is 20.8 Å². The quantitative estimate of drug-likeness (QED) is 0.824. The Hall–Kier alpha value is -0.860. The highest BCUT2D eigenvalue weighted by Crippen LogP contribution is 2.29. The van der Waals surface area contributed by atoms with Crippen molar-refractivity contribution in [1.29, 1.82) is 0 Å². The standard InChI is InChI=1S/C17H29NO/c1-6-7-15(18)16(19)10-14(5)17-12(3)8-11(2)9-13(17)4/h8-9,14-16,19H,6-7,10,18H2,1-5H3. The first-order chi connectivity index (χ1) is 8.86. The van der Waals surface area contributed by atoms with Gasteiger partial charge in [-0.15, -0.1) is 0 Å². The van der Waals surface area contributed by atoms with Gasteiger partial charge in [0.25, 0.3) is 0 Å². The van der Waals surface area contributed by atoms with Gasteiger partial charge in [-0.05, 0) is 56.2 Å². The molecule has 0 saturated heterocycles. The van der Waals surface area contributed by atoms with Crippen molar-refractivity contribution < 1.29 is 5.11 Å². The van der Waals surface area contributed by atoms with Crippen LogP contribution in [0.15, 0.2) is 12.1 Å². The highest BCUT2D eigenvalue weighted by molar-refractivity contribution is 5.39. The Morgan fingerprint density at radius 1 is 1.16 bits per heavy atom. The second-order valence-corrected chi connectivity index (χ2v) is 5.97. The van der Waals surface area contributed by atoms with Crippen LogP contribution in [0.4, 0.5) is 0 Å². The Labute approximate surface area is 118 Å². The maximum absolute atomic E-state index is 10.2. The van der Waals surface area contributed by atoms with Gasteiger partial charge in [0.1, 0.15) is 0 Å². The lowest BCUT2D eigenvalue weighted by atomic mass is 9.85. The van der Waals surface area contributed by atoms with E-state index in [0.717, 1.165) is 19.3 Å². The molecular weight excluding hydrogens is 234 g/mol. The van der Waals surface area contributed by atoms with Gasteiger partial charge >= 0.3 is 0 Å². The lowest BCUT2D eigenvalue weighted by Gasteiger charge is -2.24. The van der Waals surface area contributed by atoms with Crippen molar-refractivity contribution in [2.75, 3.05) is 0 Å². The van der Waals surface area contributed by atoms with Crippen molar-refractivity contribution in [2.45, 2.75) is 71.9 Å². The van der Waals surface area contributed by atoms with Gasteiger partial charge in [-0.3, -0.25) is 0 Å². The molecule has 1 aromatic carbocycles. The lowest BCUT2D eigenvalue weighted by Crippen LogP contribution is -2.35. The SMILES string of the molecule is CCCC(N)C(O)CC(C)c1c(C)cc(C)cc1C. The second-order valence-electron chi connectivity index (χ2n) is 5.97. The van der Waals surface area contributed by atoms with E-state index in [-0.39, 0.29) is 6.04 Å². The monoisotopic (exact) mass is 263 g/mol. The minimum absolute atomic E-state index is 0.0986. The fourth-order valence-electron chi connectivity index (χ4n) is 3.15. The number of aryl methyl sites for hydroxylation is 3. The summed E-state index contributed by atoms with van der Waals surface area (Å²) in [5.41, 5.74) is 11.3. The predicted molar refractivity (Wildman–Crippen MR) is 82.6 cm³/mol. The van der Waals surface area contributed by atoms with Gasteiger partial charge < -0.3 is 10.8 Å². The second kappa shape index (κ2) is 7.06. The minimum Gasteiger partial charge on any atom is -0.391 e. The molecule has 0 amide bonds. The van der Waals surface area contributed by atoms with Gasteiger partial charge in [0.15, 0.2) is 0 Å². The molecule has 2 nitrogen and oxygen atoms in total. The van der Waals surface area contributed by atoms with Crippen molar-refractivity contribution in [1.82, 2.24) is 0 Å². The third-order valence-electron chi connectivity index (χ3n) is 3.94. The van der Waals surface area contributed by atoms with Gasteiger partial charge in [-0.2, -0.15) is 0 Å². The van der Waals surface area contributed by atoms with Crippen molar-refractivity contribution in [3.05, 3.63) is 34.4 Å². The van der Waals surface area contributed by atoms with Gasteiger partial charge in [-0.25, -0.2) is 0 Å². The van der Waals surface area contributed by atoms with Crippen molar-refractivity contribution >= 4 is 0 Å². The molecule has 19 heavy (non-hydrogen) atoms. The summed E-state index contributed by atoms with van der Waals surface area (Å²) in [7, 11) is 0. The molecular formula is C17H29NO. The highest BCUT2D eigenvalue weighted by atomic mass is 16.3. The van der Waals surface area contributed by atoms with Crippen molar-refractivity contribution in [3.8, 4) is 0 Å². The van der Waals surface area contributed by atoms with E-state index in [1.54, 1.807) is 0 Å². The Balaban J connectivity index is 2.81. The topological polar surface area (TPSA) is 46.2 Å². The molecule has 0 spiro atoms. The van der Waals surface area contributed by atoms with Crippen molar-refractivity contribution in [2.24, 2.45) is 5.73 Å². The van der Waals surface area contributed by atoms with Gasteiger partial charge in [0.05, 0.1) is 6.10 Å². The molecule has 3 N–H and O–H groups in total. The van der Waals surface area contributed by atoms with Crippen LogP contribution in [-0.2, 0) is 0 Å². The number of hydrogen-bond acceptors (Lipinski definition) is 2. The van der Waals surface area contributed by atoms with Crippen molar-refractivity contribution in [3.63, 3.8) is 0 Å². The minimum atomic E-state index is -0.407. The molecule has 0 heterocycles. The molecule has 0 fully saturated rings. The van der Waals surface area contributed by atoms with Crippen LogP contribution in [0.3, 0.4) is 0 Å². The van der Waals surface area contributed by atoms with Crippen LogP contribution < -0.4 is 5.73 Å². The van der Waals surface area contributed by atoms with E-state index in [1.807, 2.05) is 0 Å². The van der Waals surface area contributed by atoms with Crippen LogP contribution in [0.5, 0.6) is 0 Å². The maximum Gasteiger partial charge on any atom is 0.0696 e. The zero-order chi connectivity index (χ0) is 14.6. The molecule has 108 valence electrons. The van der Waals surface area contributed by atoms with E-state index in [0.29, 0.717) is 5.92 Å². The fourth-order valence-corrected chi connectivity index (χ4v) is 3.15. The Bertz CT molecular complexity index is 391. The predicted octanol–water partition coefficient (Wildman–Crippen LogP) is 3.59. The van der Waals surface area contributed by atoms with E-state index < -0.39 is 6.10 Å². The number of aliphatic hydroxyl groups excluding tert-OH is 1. The van der Waals surface area contributed by atoms with Crippen LogP contribution in [0.2, 0.25) is 0 Å². The summed E-state index contributed by atoms with van der Waals surface area (Å²) in [5.74, 6) is 0.346. The number of hydrogen-bond donors (Lipinski definition) is 2. The van der Waals surface area contributed by atoms with E-state index in [4.69, 9.17) is 5.73 Å². The van der Waals surface area contributed by atoms with Gasteiger partial charge in [0.2, 0.25) is 0 Å². The molecule has 3 atom stereocenters. The molecule has 0 aliphatic rings. The summed E-state index contributed by atoms with van der Waals surface area (Å²) in [6, 6.07) is 4.34. The Morgan fingerprint density at radius 3 is 2.16 bits per heavy atom. The number of aliphatic hydroxyl groups is 1. The molecule has 0 bridgehead atoms. The first-order valence-electron chi connectivity index (χ1n) is 7.38. The average molecular weight is 263 g/mol. The van der Waals surface area contributed by atoms with Gasteiger partial charge in [-0.1, -0.05) is 38.0 Å². The van der Waals surface area contributed by atoms with Gasteiger partial charge in [0, 0.05) is 6.04 Å². The summed E-state index contributed by atoms with van der Waals surface area (Å²) >= 11 is 0. The largest absolute Gasteiger partial charge is 0.391 e. The molecule has 1 aromatic rings. The molecule has 0 aromatic heterocycles. The van der Waals surface area contributed by atoms with E-state index >= 15 is 0 Å². The smallest absolute Gasteiger partial charge is 0.0696 e. The molecule has 1 rings (SSSR count). The number of rotatable bonds is 6. The summed E-state index contributed by atoms with van der Waals surface area (Å²) in [6.45, 7) is 10.7. The molecule has 0 saturated carbocycles. The number of benzene rings is 1. The summed E-state index contributed by atoms with van der Waals surface area (Å²) in [4.78, 5) is 0. The molecule has 3 unspecified atom stereocenters. The molecule has 0 aliphatic heterocycles. The van der Waals surface area contributed by atoms with E-state index in [9.17, 15) is 5.11 Å². The molecule has 0 aliphatic carbocycles. The zero-order valence-corrected chi connectivity index (χ0v) is 13.0. The van der Waals surface area contributed by atoms with Crippen LogP contribution >= 0.6 is 0 Å². The van der Waals surface area contributed by atoms with E-state index in [1.165, 1.54) is 22.3 Å². The summed E-state index contributed by atoms with van der Waals surface area (Å²) in [6.07, 6.45) is 2.25. The van der Waals surface area contributed by atoms with E-state index in [2.05, 4.69) is 46.8 Å². The van der Waals surface area contributed by atoms with Crippen LogP contribution in [-0.4, -0.2) is 17.3 Å². The molecule has 0 radical (unpaired) electrons. The zero-order valence-electron chi connectivity index (χ0n) is 13.0. The lowest BCUT2D eigenvalue weighted by molar-refractivity contribution is 0.124. The first kappa shape index (κ1) is 16.2. The first-order valence-corrected chi connectivity index (χ1v) is 7.38. The fraction of sp³-hybridized carbons (Fsp3) is 0.647. The summed E-state index contributed by atoms with van der Waals surface area (Å²) in [5, 5.41) is 10.2. The Morgan fingerprint density at radius 2 is 1.68 bits per heavy atom. The Kier molecular flexibility index (Phi) is 6.02. The summed E-state index contributed by atoms with van der Waals surface area (Å²) < 4.78 is 0. The number of nitrogens with two attached hydrogens (primary N) is 1.